The van der Waals surface area contributed by atoms with Crippen molar-refractivity contribution in [3.8, 4) is 23.3 Å². The normalized spacial score (nSPS) is 27.8. The maximum Gasteiger partial charge on any atom is 0.308 e. The summed E-state index contributed by atoms with van der Waals surface area (Å²) in [5, 5.41) is 12.9. The Bertz CT molecular complexity index is 1690. The number of likely N-dealkylation sites (tertiary alicyclic amines) is 1. The van der Waals surface area contributed by atoms with Gasteiger partial charge in [0.25, 0.3) is 5.91 Å². The maximum atomic E-state index is 13.5. The number of rotatable bonds is 5. The Kier molecular flexibility index (Phi) is 7.03. The number of carbonyl (C=O) groups excluding carboxylic acids is 2. The summed E-state index contributed by atoms with van der Waals surface area (Å²) < 4.78 is 12.4. The van der Waals surface area contributed by atoms with Gasteiger partial charge in [-0.1, -0.05) is 54.5 Å². The van der Waals surface area contributed by atoms with Gasteiger partial charge in [-0.25, -0.2) is 0 Å². The van der Waals surface area contributed by atoms with Gasteiger partial charge in [-0.05, 0) is 80.5 Å². The molecule has 2 fully saturated rings. The molecule has 4 aliphatic rings. The van der Waals surface area contributed by atoms with Gasteiger partial charge in [0, 0.05) is 43.6 Å². The third kappa shape index (κ3) is 4.43. The average Bonchev–Trinajstić information content (AvgIpc) is 3.36. The second-order valence-corrected chi connectivity index (χ2v) is 12.8. The summed E-state index contributed by atoms with van der Waals surface area (Å²) in [5.74, 6) is 6.07. The monoisotopic (exact) mass is 590 g/mol. The molecular weight excluding hydrogens is 552 g/mol. The van der Waals surface area contributed by atoms with E-state index in [1.807, 2.05) is 49.4 Å². The van der Waals surface area contributed by atoms with Crippen LogP contribution < -0.4 is 9.47 Å². The molecule has 0 aromatic heterocycles. The lowest BCUT2D eigenvalue weighted by Gasteiger charge is -2.64. The van der Waals surface area contributed by atoms with Gasteiger partial charge in [-0.2, -0.15) is 0 Å². The molecule has 7 rings (SSSR count). The first-order chi connectivity index (χ1) is 21.2. The van der Waals surface area contributed by atoms with E-state index in [4.69, 9.17) is 9.47 Å². The van der Waals surface area contributed by atoms with Gasteiger partial charge in [0.1, 0.15) is 6.10 Å². The molecule has 2 aliphatic carbocycles. The highest BCUT2D eigenvalue weighted by atomic mass is 16.6. The van der Waals surface area contributed by atoms with Crippen molar-refractivity contribution >= 4 is 11.9 Å². The number of hydrogen-bond acceptors (Lipinski definition) is 6. The smallest absolute Gasteiger partial charge is 0.308 e. The zero-order valence-electron chi connectivity index (χ0n) is 25.5. The molecule has 5 atom stereocenters. The number of ether oxygens (including phenoxy) is 2. The fourth-order valence-corrected chi connectivity index (χ4v) is 8.50. The van der Waals surface area contributed by atoms with E-state index in [-0.39, 0.29) is 18.0 Å². The molecule has 0 unspecified atom stereocenters. The van der Waals surface area contributed by atoms with E-state index < -0.39 is 23.1 Å². The molecule has 1 amide bonds. The van der Waals surface area contributed by atoms with Gasteiger partial charge < -0.3 is 19.5 Å². The van der Waals surface area contributed by atoms with E-state index in [2.05, 4.69) is 41.0 Å². The van der Waals surface area contributed by atoms with Crippen molar-refractivity contribution in [2.45, 2.75) is 75.2 Å². The molecular formula is C37H38N2O5. The van der Waals surface area contributed by atoms with E-state index in [1.165, 1.54) is 12.5 Å². The molecule has 2 heterocycles. The highest BCUT2D eigenvalue weighted by molar-refractivity contribution is 5.94. The van der Waals surface area contributed by atoms with Crippen LogP contribution in [0.3, 0.4) is 0 Å². The Morgan fingerprint density at radius 1 is 1.11 bits per heavy atom. The Morgan fingerprint density at radius 2 is 1.93 bits per heavy atom. The van der Waals surface area contributed by atoms with Gasteiger partial charge in [-0.3, -0.25) is 14.5 Å². The van der Waals surface area contributed by atoms with Crippen LogP contribution in [0.2, 0.25) is 0 Å². The van der Waals surface area contributed by atoms with Gasteiger partial charge >= 0.3 is 5.97 Å². The molecule has 0 radical (unpaired) electrons. The highest BCUT2D eigenvalue weighted by Crippen LogP contribution is 2.66. The van der Waals surface area contributed by atoms with E-state index in [1.54, 1.807) is 11.9 Å². The van der Waals surface area contributed by atoms with E-state index in [0.717, 1.165) is 41.8 Å². The lowest BCUT2D eigenvalue weighted by Crippen LogP contribution is -2.78. The fourth-order valence-electron chi connectivity index (χ4n) is 8.50. The van der Waals surface area contributed by atoms with Crippen molar-refractivity contribution in [1.82, 2.24) is 9.80 Å². The second kappa shape index (κ2) is 10.8. The number of benzene rings is 3. The second-order valence-electron chi connectivity index (χ2n) is 12.8. The van der Waals surface area contributed by atoms with Crippen molar-refractivity contribution in [2.24, 2.45) is 0 Å². The minimum Gasteiger partial charge on any atom is -0.483 e. The molecule has 2 bridgehead atoms. The zero-order valence-corrected chi connectivity index (χ0v) is 25.5. The molecule has 3 aromatic rings. The van der Waals surface area contributed by atoms with Crippen LogP contribution in [0.15, 0.2) is 66.7 Å². The SMILES string of the molecule is CC(=O)Oc1ccc2c3c1O[C@H]1[C@@H](N(C)C(=O)C#Cc4cccc(C)c4)CC[C@@]4(O)[C@@H](C2)N(CCc2ccccc2)CC[C@]314. The van der Waals surface area contributed by atoms with Gasteiger partial charge in [0.15, 0.2) is 11.5 Å². The molecule has 1 N–H and O–H groups in total. The third-order valence-corrected chi connectivity index (χ3v) is 10.5. The van der Waals surface area contributed by atoms with Crippen LogP contribution in [0, 0.1) is 18.8 Å². The van der Waals surface area contributed by atoms with Crippen LogP contribution >= 0.6 is 0 Å². The standard InChI is InChI=1S/C37H38N2O5/c1-24-8-7-11-27(22-24)12-15-32(41)38(3)29-16-18-37(42)31-23-28-13-14-30(43-25(2)40)34-33(28)36(37,35(29)44-34)19-21-39(31)20-17-26-9-5-4-6-10-26/h4-11,13-14,22,29,31,35,42H,16-21,23H2,1-3H3/t29-,31+,35-,36-,37+/m0/s1. The fraction of sp³-hybridized carbons (Fsp3) is 0.405. The molecule has 3 aromatic carbocycles. The van der Waals surface area contributed by atoms with Crippen LogP contribution in [0.5, 0.6) is 11.5 Å². The van der Waals surface area contributed by atoms with Gasteiger partial charge in [0.2, 0.25) is 0 Å². The molecule has 1 spiro atoms. The van der Waals surface area contributed by atoms with Crippen molar-refractivity contribution < 1.29 is 24.2 Å². The van der Waals surface area contributed by atoms with Crippen LogP contribution in [0.4, 0.5) is 0 Å². The molecule has 1 saturated carbocycles. The maximum absolute atomic E-state index is 13.5. The first-order valence-corrected chi connectivity index (χ1v) is 15.6. The quantitative estimate of drug-likeness (QED) is 0.273. The Labute approximate surface area is 258 Å². The zero-order chi connectivity index (χ0) is 30.6. The predicted molar refractivity (Wildman–Crippen MR) is 166 cm³/mol. The van der Waals surface area contributed by atoms with Crippen molar-refractivity contribution in [3.05, 3.63) is 94.5 Å². The van der Waals surface area contributed by atoms with Crippen LogP contribution in [0.1, 0.15) is 54.0 Å². The molecule has 2 aliphatic heterocycles. The summed E-state index contributed by atoms with van der Waals surface area (Å²) in [5.41, 5.74) is 3.44. The van der Waals surface area contributed by atoms with Crippen LogP contribution in [-0.2, 0) is 27.8 Å². The Balaban J connectivity index is 1.25. The predicted octanol–water partition coefficient (Wildman–Crippen LogP) is 4.20. The van der Waals surface area contributed by atoms with Crippen molar-refractivity contribution in [2.75, 3.05) is 20.1 Å². The molecule has 7 heteroatoms. The summed E-state index contributed by atoms with van der Waals surface area (Å²) in [6, 6.07) is 21.7. The van der Waals surface area contributed by atoms with Crippen molar-refractivity contribution in [3.63, 3.8) is 0 Å². The topological polar surface area (TPSA) is 79.3 Å². The van der Waals surface area contributed by atoms with E-state index >= 15 is 0 Å². The van der Waals surface area contributed by atoms with Gasteiger partial charge in [-0.15, -0.1) is 0 Å². The molecule has 7 nitrogen and oxygen atoms in total. The summed E-state index contributed by atoms with van der Waals surface area (Å²) in [4.78, 5) is 29.7. The first kappa shape index (κ1) is 28.6. The number of carbonyl (C=O) groups is 2. The Hall–Kier alpha value is -4.12. The van der Waals surface area contributed by atoms with Crippen LogP contribution in [-0.4, -0.2) is 70.7 Å². The molecule has 44 heavy (non-hydrogen) atoms. The lowest BCUT2D eigenvalue weighted by molar-refractivity contribution is -0.199. The summed E-state index contributed by atoms with van der Waals surface area (Å²) in [6.07, 6.45) is 2.88. The van der Waals surface area contributed by atoms with E-state index in [0.29, 0.717) is 37.2 Å². The Morgan fingerprint density at radius 3 is 2.70 bits per heavy atom. The minimum absolute atomic E-state index is 0.0906. The summed E-state index contributed by atoms with van der Waals surface area (Å²) >= 11 is 0. The number of aliphatic hydroxyl groups is 1. The molecule has 226 valence electrons. The minimum atomic E-state index is -1.06. The number of aryl methyl sites for hydroxylation is 1. The number of nitrogens with zero attached hydrogens (tertiary/aromatic N) is 2. The van der Waals surface area contributed by atoms with Gasteiger partial charge in [0.05, 0.1) is 17.1 Å². The number of amides is 1. The number of likely N-dealkylation sites (N-methyl/N-ethyl adjacent to an activating group) is 1. The summed E-state index contributed by atoms with van der Waals surface area (Å²) in [6.45, 7) is 5.03. The lowest BCUT2D eigenvalue weighted by atomic mass is 9.48. The number of esters is 1. The first-order valence-electron chi connectivity index (χ1n) is 15.6. The van der Waals surface area contributed by atoms with Crippen molar-refractivity contribution in [1.29, 1.82) is 0 Å². The van der Waals surface area contributed by atoms with E-state index in [9.17, 15) is 14.7 Å². The third-order valence-electron chi connectivity index (χ3n) is 10.5. The number of hydrogen-bond donors (Lipinski definition) is 1. The van der Waals surface area contributed by atoms with Crippen LogP contribution in [0.25, 0.3) is 0 Å². The number of piperidine rings is 1. The summed E-state index contributed by atoms with van der Waals surface area (Å²) in [7, 11) is 1.79. The largest absolute Gasteiger partial charge is 0.483 e. The molecule has 1 saturated heterocycles. The average molecular weight is 591 g/mol. The highest BCUT2D eigenvalue weighted by Gasteiger charge is 2.73.